The van der Waals surface area contributed by atoms with Gasteiger partial charge in [-0.05, 0) is 47.0 Å². The molecule has 144 valence electrons. The predicted molar refractivity (Wildman–Crippen MR) is 106 cm³/mol. The number of benzene rings is 1. The molecule has 1 heterocycles. The third-order valence-corrected chi connectivity index (χ3v) is 6.19. The van der Waals surface area contributed by atoms with E-state index in [1.165, 1.54) is 19.3 Å². The van der Waals surface area contributed by atoms with Crippen LogP contribution < -0.4 is 10.1 Å². The Bertz CT molecular complexity index is 617. The summed E-state index contributed by atoms with van der Waals surface area (Å²) in [4.78, 5) is 14.9. The molecule has 1 aromatic carbocycles. The molecule has 1 aliphatic carbocycles. The summed E-state index contributed by atoms with van der Waals surface area (Å²) in [5.74, 6) is 0.523. The number of carbonyl (C=O) groups excluding carboxylic acids is 1. The zero-order chi connectivity index (χ0) is 18.4. The van der Waals surface area contributed by atoms with Gasteiger partial charge in [0.25, 0.3) is 5.91 Å². The zero-order valence-electron chi connectivity index (χ0n) is 14.9. The van der Waals surface area contributed by atoms with E-state index in [0.717, 1.165) is 43.6 Å². The largest absolute Gasteiger partial charge is 0.483 e. The molecule has 0 aromatic heterocycles. The van der Waals surface area contributed by atoms with Gasteiger partial charge in [0.05, 0.1) is 17.7 Å². The van der Waals surface area contributed by atoms with Gasteiger partial charge < -0.3 is 14.8 Å². The van der Waals surface area contributed by atoms with Crippen molar-refractivity contribution in [3.63, 3.8) is 0 Å². The maximum atomic E-state index is 12.3. The smallest absolute Gasteiger partial charge is 0.258 e. The number of hydrogen-bond acceptors (Lipinski definition) is 4. The summed E-state index contributed by atoms with van der Waals surface area (Å²) in [5.41, 5.74) is 0.0680. The molecule has 0 atom stereocenters. The normalized spacial score (nSPS) is 20.5. The van der Waals surface area contributed by atoms with Crippen LogP contribution in [-0.2, 0) is 9.53 Å². The molecular weight excluding hydrogens is 420 g/mol. The van der Waals surface area contributed by atoms with Crippen molar-refractivity contribution in [2.75, 3.05) is 39.5 Å². The highest BCUT2D eigenvalue weighted by atomic mass is 79.9. The van der Waals surface area contributed by atoms with Gasteiger partial charge in [0, 0.05) is 30.2 Å². The Morgan fingerprint density at radius 1 is 1.27 bits per heavy atom. The number of nitrogens with one attached hydrogen (secondary N) is 1. The minimum atomic E-state index is -0.0925. The molecule has 2 aliphatic rings. The summed E-state index contributed by atoms with van der Waals surface area (Å²) < 4.78 is 11.9. The topological polar surface area (TPSA) is 50.8 Å². The van der Waals surface area contributed by atoms with Crippen molar-refractivity contribution in [2.24, 2.45) is 0 Å². The van der Waals surface area contributed by atoms with Crippen molar-refractivity contribution < 1.29 is 14.3 Å². The van der Waals surface area contributed by atoms with Gasteiger partial charge in [-0.3, -0.25) is 9.69 Å². The van der Waals surface area contributed by atoms with E-state index in [4.69, 9.17) is 21.1 Å². The maximum Gasteiger partial charge on any atom is 0.258 e. The second-order valence-electron chi connectivity index (χ2n) is 7.02. The summed E-state index contributed by atoms with van der Waals surface area (Å²) in [5, 5.41) is 3.73. The summed E-state index contributed by atoms with van der Waals surface area (Å²) in [7, 11) is 0. The number of nitrogens with zero attached hydrogens (tertiary/aromatic N) is 1. The lowest BCUT2D eigenvalue weighted by molar-refractivity contribution is -0.124. The Morgan fingerprint density at radius 3 is 2.69 bits per heavy atom. The molecule has 1 aliphatic heterocycles. The number of amides is 1. The number of morpholine rings is 1. The van der Waals surface area contributed by atoms with E-state index in [-0.39, 0.29) is 18.1 Å². The summed E-state index contributed by atoms with van der Waals surface area (Å²) in [6.45, 7) is 4.14. The highest BCUT2D eigenvalue weighted by molar-refractivity contribution is 9.10. The van der Waals surface area contributed by atoms with Gasteiger partial charge in [-0.15, -0.1) is 0 Å². The van der Waals surface area contributed by atoms with Gasteiger partial charge in [-0.1, -0.05) is 30.9 Å². The Labute approximate surface area is 168 Å². The Kier molecular flexibility index (Phi) is 7.20. The number of ether oxygens (including phenoxy) is 2. The second kappa shape index (κ2) is 9.40. The first-order valence-corrected chi connectivity index (χ1v) is 10.4. The maximum absolute atomic E-state index is 12.3. The highest BCUT2D eigenvalue weighted by Crippen LogP contribution is 2.34. The minimum Gasteiger partial charge on any atom is -0.483 e. The molecule has 0 spiro atoms. The summed E-state index contributed by atoms with van der Waals surface area (Å²) in [6.07, 6.45) is 6.00. The SMILES string of the molecule is O=C(COc1ccc(Cl)cc1Br)NCC1(N2CCOCC2)CCCCC1. The molecule has 1 N–H and O–H groups in total. The van der Waals surface area contributed by atoms with E-state index in [1.54, 1.807) is 18.2 Å². The van der Waals surface area contributed by atoms with Crippen LogP contribution in [0, 0.1) is 0 Å². The van der Waals surface area contributed by atoms with Gasteiger partial charge in [-0.2, -0.15) is 0 Å². The van der Waals surface area contributed by atoms with Gasteiger partial charge in [0.2, 0.25) is 0 Å². The third kappa shape index (κ3) is 5.12. The molecule has 0 unspecified atom stereocenters. The summed E-state index contributed by atoms with van der Waals surface area (Å²) in [6, 6.07) is 5.26. The average molecular weight is 446 g/mol. The van der Waals surface area contributed by atoms with Gasteiger partial charge >= 0.3 is 0 Å². The van der Waals surface area contributed by atoms with Crippen LogP contribution in [-0.4, -0.2) is 55.8 Å². The molecule has 5 nitrogen and oxygen atoms in total. The summed E-state index contributed by atoms with van der Waals surface area (Å²) >= 11 is 9.33. The molecule has 7 heteroatoms. The number of rotatable bonds is 6. The predicted octanol–water partition coefficient (Wildman–Crippen LogP) is 3.63. The average Bonchev–Trinajstić information content (AvgIpc) is 2.67. The fourth-order valence-corrected chi connectivity index (χ4v) is 4.70. The minimum absolute atomic E-state index is 0.000572. The van der Waals surface area contributed by atoms with E-state index < -0.39 is 0 Å². The number of hydrogen-bond donors (Lipinski definition) is 1. The van der Waals surface area contributed by atoms with E-state index in [9.17, 15) is 4.79 Å². The molecule has 0 radical (unpaired) electrons. The third-order valence-electron chi connectivity index (χ3n) is 5.33. The zero-order valence-corrected chi connectivity index (χ0v) is 17.3. The van der Waals surface area contributed by atoms with Crippen LogP contribution >= 0.6 is 27.5 Å². The van der Waals surface area contributed by atoms with E-state index in [1.807, 2.05) is 0 Å². The van der Waals surface area contributed by atoms with E-state index in [0.29, 0.717) is 17.3 Å². The molecular formula is C19H26BrClN2O3. The van der Waals surface area contributed by atoms with Crippen LogP contribution in [0.1, 0.15) is 32.1 Å². The van der Waals surface area contributed by atoms with E-state index in [2.05, 4.69) is 26.1 Å². The van der Waals surface area contributed by atoms with Crippen molar-refractivity contribution in [3.8, 4) is 5.75 Å². The molecule has 1 saturated carbocycles. The van der Waals surface area contributed by atoms with Crippen LogP contribution in [0.15, 0.2) is 22.7 Å². The second-order valence-corrected chi connectivity index (χ2v) is 8.32. The highest BCUT2D eigenvalue weighted by Gasteiger charge is 2.38. The first kappa shape index (κ1) is 19.9. The molecule has 1 aromatic rings. The fraction of sp³-hybridized carbons (Fsp3) is 0.632. The Hall–Kier alpha value is -0.820. The van der Waals surface area contributed by atoms with Crippen molar-refractivity contribution >= 4 is 33.4 Å². The monoisotopic (exact) mass is 444 g/mol. The fourth-order valence-electron chi connectivity index (χ4n) is 3.90. The van der Waals surface area contributed by atoms with Gasteiger partial charge in [0.1, 0.15) is 5.75 Å². The molecule has 2 fully saturated rings. The van der Waals surface area contributed by atoms with E-state index >= 15 is 0 Å². The lowest BCUT2D eigenvalue weighted by Gasteiger charge is -2.48. The molecule has 3 rings (SSSR count). The number of carbonyl (C=O) groups is 1. The molecule has 1 saturated heterocycles. The Balaban J connectivity index is 1.53. The van der Waals surface area contributed by atoms with Crippen LogP contribution in [0.5, 0.6) is 5.75 Å². The quantitative estimate of drug-likeness (QED) is 0.726. The van der Waals surface area contributed by atoms with Crippen LogP contribution in [0.4, 0.5) is 0 Å². The van der Waals surface area contributed by atoms with Gasteiger partial charge in [0.15, 0.2) is 6.61 Å². The van der Waals surface area contributed by atoms with Crippen molar-refractivity contribution in [2.45, 2.75) is 37.6 Å². The van der Waals surface area contributed by atoms with Crippen LogP contribution in [0.3, 0.4) is 0 Å². The van der Waals surface area contributed by atoms with Crippen molar-refractivity contribution in [1.29, 1.82) is 0 Å². The Morgan fingerprint density at radius 2 is 2.00 bits per heavy atom. The number of halogens is 2. The molecule has 0 bridgehead atoms. The van der Waals surface area contributed by atoms with Gasteiger partial charge in [-0.25, -0.2) is 0 Å². The lowest BCUT2D eigenvalue weighted by atomic mass is 9.79. The first-order valence-electron chi connectivity index (χ1n) is 9.26. The molecule has 26 heavy (non-hydrogen) atoms. The first-order chi connectivity index (χ1) is 12.6. The van der Waals surface area contributed by atoms with Crippen molar-refractivity contribution in [3.05, 3.63) is 27.7 Å². The van der Waals surface area contributed by atoms with Crippen molar-refractivity contribution in [1.82, 2.24) is 10.2 Å². The molecule has 1 amide bonds. The van der Waals surface area contributed by atoms with Crippen LogP contribution in [0.25, 0.3) is 0 Å². The standard InChI is InChI=1S/C19H26BrClN2O3/c20-16-12-15(21)4-5-17(16)26-13-18(24)22-14-19(6-2-1-3-7-19)23-8-10-25-11-9-23/h4-5,12H,1-3,6-11,13-14H2,(H,22,24). The van der Waals surface area contributed by atoms with Crippen LogP contribution in [0.2, 0.25) is 5.02 Å². The lowest BCUT2D eigenvalue weighted by Crippen LogP contribution is -2.60.